The van der Waals surface area contributed by atoms with Gasteiger partial charge in [0.15, 0.2) is 0 Å². The lowest BCUT2D eigenvalue weighted by Crippen LogP contribution is -2.42. The van der Waals surface area contributed by atoms with Crippen molar-refractivity contribution in [3.05, 3.63) is 95.4 Å². The van der Waals surface area contributed by atoms with Crippen LogP contribution >= 0.6 is 0 Å². The molecule has 196 valence electrons. The van der Waals surface area contributed by atoms with Gasteiger partial charge in [0.25, 0.3) is 0 Å². The first-order valence-corrected chi connectivity index (χ1v) is 14.8. The summed E-state index contributed by atoms with van der Waals surface area (Å²) in [6.45, 7) is 4.17. The molecule has 3 aromatic carbocycles. The lowest BCUT2D eigenvalue weighted by atomic mass is 9.87. The van der Waals surface area contributed by atoms with E-state index in [1.807, 2.05) is 16.9 Å². The Morgan fingerprint density at radius 3 is 2.50 bits per heavy atom. The molecule has 2 saturated heterocycles. The Bertz CT molecular complexity index is 1610. The van der Waals surface area contributed by atoms with E-state index in [1.54, 1.807) is 16.4 Å². The van der Waals surface area contributed by atoms with Crippen LogP contribution in [-0.2, 0) is 20.2 Å². The van der Waals surface area contributed by atoms with Crippen molar-refractivity contribution in [2.45, 2.75) is 36.3 Å². The fourth-order valence-corrected chi connectivity index (χ4v) is 9.04. The predicted octanol–water partition coefficient (Wildman–Crippen LogP) is 4.95. The Kier molecular flexibility index (Phi) is 5.51. The Hall–Kier alpha value is -3.07. The molecule has 1 aliphatic carbocycles. The van der Waals surface area contributed by atoms with Gasteiger partial charge in [0.2, 0.25) is 10.0 Å². The highest BCUT2D eigenvalue weighted by molar-refractivity contribution is 7.89. The van der Waals surface area contributed by atoms with Crippen molar-refractivity contribution < 1.29 is 17.5 Å². The highest BCUT2D eigenvalue weighted by atomic mass is 32.2. The number of hydrogen-bond acceptors (Lipinski definition) is 4. The molecule has 0 spiro atoms. The number of hydrogen-bond donors (Lipinski definition) is 0. The molecule has 3 aliphatic rings. The standard InChI is InChI=1S/C30H30FN3O3S/c1-20-15-28-22(17-32-34(28)24-9-7-23(31)8-10-24)16-26(20)30-19-33(38(35,36)25-11-13-37-14-12-25)18-27(30)29(30)21-5-3-2-4-6-21/h2-10,15-17,25,27,29H,11-14,18-19H2,1H3/t27-,29-,30+/m0/s1. The highest BCUT2D eigenvalue weighted by Gasteiger charge is 2.71. The van der Waals surface area contributed by atoms with Crippen molar-refractivity contribution in [2.75, 3.05) is 26.3 Å². The van der Waals surface area contributed by atoms with Crippen LogP contribution in [0.15, 0.2) is 72.9 Å². The second kappa shape index (κ2) is 8.73. The lowest BCUT2D eigenvalue weighted by molar-refractivity contribution is 0.0972. The van der Waals surface area contributed by atoms with E-state index < -0.39 is 10.0 Å². The van der Waals surface area contributed by atoms with Crippen LogP contribution in [0.3, 0.4) is 0 Å². The van der Waals surface area contributed by atoms with Crippen LogP contribution in [-0.4, -0.2) is 54.1 Å². The molecule has 1 aromatic heterocycles. The van der Waals surface area contributed by atoms with Gasteiger partial charge in [-0.05, 0) is 78.8 Å². The summed E-state index contributed by atoms with van der Waals surface area (Å²) in [6.07, 6.45) is 2.97. The quantitative estimate of drug-likeness (QED) is 0.366. The second-order valence-electron chi connectivity index (χ2n) is 10.9. The number of ether oxygens (including phenoxy) is 1. The molecular weight excluding hydrogens is 501 g/mol. The monoisotopic (exact) mass is 531 g/mol. The van der Waals surface area contributed by atoms with Crippen LogP contribution in [0.4, 0.5) is 4.39 Å². The third-order valence-corrected chi connectivity index (χ3v) is 11.3. The number of rotatable bonds is 5. The van der Waals surface area contributed by atoms with Crippen molar-refractivity contribution in [3.63, 3.8) is 0 Å². The summed E-state index contributed by atoms with van der Waals surface area (Å²) in [6, 6.07) is 21.2. The van der Waals surface area contributed by atoms with Gasteiger partial charge in [-0.15, -0.1) is 0 Å². The number of fused-ring (bicyclic) bond motifs is 2. The van der Waals surface area contributed by atoms with Crippen molar-refractivity contribution in [3.8, 4) is 5.69 Å². The topological polar surface area (TPSA) is 64.4 Å². The maximum atomic E-state index is 13.7. The molecule has 3 heterocycles. The van der Waals surface area contributed by atoms with Gasteiger partial charge in [0.05, 0.1) is 22.7 Å². The van der Waals surface area contributed by atoms with Gasteiger partial charge >= 0.3 is 0 Å². The van der Waals surface area contributed by atoms with Crippen LogP contribution in [0.5, 0.6) is 0 Å². The van der Waals surface area contributed by atoms with E-state index in [-0.39, 0.29) is 28.3 Å². The minimum atomic E-state index is -3.40. The van der Waals surface area contributed by atoms with Crippen molar-refractivity contribution in [1.29, 1.82) is 0 Å². The number of halogens is 1. The maximum Gasteiger partial charge on any atom is 0.217 e. The minimum Gasteiger partial charge on any atom is -0.381 e. The zero-order valence-electron chi connectivity index (χ0n) is 21.3. The molecule has 1 saturated carbocycles. The Labute approximate surface area is 222 Å². The summed E-state index contributed by atoms with van der Waals surface area (Å²) < 4.78 is 49.9. The van der Waals surface area contributed by atoms with Crippen molar-refractivity contribution in [2.24, 2.45) is 5.92 Å². The molecule has 0 amide bonds. The first kappa shape index (κ1) is 24.0. The van der Waals surface area contributed by atoms with E-state index in [9.17, 15) is 12.8 Å². The van der Waals surface area contributed by atoms with Crippen LogP contribution in [0.25, 0.3) is 16.6 Å². The number of sulfonamides is 1. The van der Waals surface area contributed by atoms with E-state index in [1.165, 1.54) is 23.3 Å². The predicted molar refractivity (Wildman–Crippen MR) is 144 cm³/mol. The Balaban J connectivity index is 1.30. The van der Waals surface area contributed by atoms with Gasteiger partial charge in [-0.2, -0.15) is 5.10 Å². The molecule has 8 heteroatoms. The SMILES string of the molecule is Cc1cc2c(cnn2-c2ccc(F)cc2)cc1[C@]12CN(S(=O)(=O)C3CCOCC3)C[C@H]1[C@@H]2c1ccccc1. The number of aryl methyl sites for hydroxylation is 1. The van der Waals surface area contributed by atoms with Crippen LogP contribution in [0, 0.1) is 18.7 Å². The Morgan fingerprint density at radius 2 is 1.76 bits per heavy atom. The van der Waals surface area contributed by atoms with Crippen molar-refractivity contribution in [1.82, 2.24) is 14.1 Å². The number of aromatic nitrogens is 2. The summed E-state index contributed by atoms with van der Waals surface area (Å²) in [4.78, 5) is 0. The van der Waals surface area contributed by atoms with Gasteiger partial charge in [0, 0.05) is 43.0 Å². The fraction of sp³-hybridized carbons (Fsp3) is 0.367. The molecule has 6 nitrogen and oxygen atoms in total. The Morgan fingerprint density at radius 1 is 1.03 bits per heavy atom. The van der Waals surface area contributed by atoms with Gasteiger partial charge in [-0.3, -0.25) is 0 Å². The van der Waals surface area contributed by atoms with Crippen LogP contribution in [0.1, 0.15) is 35.4 Å². The fourth-order valence-electron chi connectivity index (χ4n) is 7.07. The first-order chi connectivity index (χ1) is 18.4. The second-order valence-corrected chi connectivity index (χ2v) is 13.2. The zero-order chi connectivity index (χ0) is 26.1. The van der Waals surface area contributed by atoms with Gasteiger partial charge in [-0.1, -0.05) is 30.3 Å². The smallest absolute Gasteiger partial charge is 0.217 e. The average molecular weight is 532 g/mol. The summed E-state index contributed by atoms with van der Waals surface area (Å²) in [5.74, 6) is 0.215. The van der Waals surface area contributed by atoms with E-state index in [0.717, 1.165) is 22.2 Å². The minimum absolute atomic E-state index is 0.225. The van der Waals surface area contributed by atoms with E-state index in [2.05, 4.69) is 48.4 Å². The number of piperidine rings is 1. The number of nitrogens with zero attached hydrogens (tertiary/aromatic N) is 3. The third kappa shape index (κ3) is 3.57. The summed E-state index contributed by atoms with van der Waals surface area (Å²) in [5.41, 5.74) is 5.07. The van der Waals surface area contributed by atoms with Gasteiger partial charge < -0.3 is 4.74 Å². The summed E-state index contributed by atoms with van der Waals surface area (Å²) in [5, 5.41) is 5.24. The van der Waals surface area contributed by atoms with E-state index >= 15 is 0 Å². The molecule has 0 N–H and O–H groups in total. The number of benzene rings is 3. The summed E-state index contributed by atoms with van der Waals surface area (Å²) in [7, 11) is -3.40. The molecule has 38 heavy (non-hydrogen) atoms. The molecular formula is C30H30FN3O3S. The first-order valence-electron chi connectivity index (χ1n) is 13.3. The largest absolute Gasteiger partial charge is 0.381 e. The van der Waals surface area contributed by atoms with Crippen molar-refractivity contribution >= 4 is 20.9 Å². The van der Waals surface area contributed by atoms with Gasteiger partial charge in [0.1, 0.15) is 5.82 Å². The average Bonchev–Trinajstić information content (AvgIpc) is 3.20. The molecule has 7 rings (SSSR count). The molecule has 3 atom stereocenters. The maximum absolute atomic E-state index is 13.7. The normalized spacial score (nSPS) is 26.1. The van der Waals surface area contributed by atoms with E-state index in [0.29, 0.717) is 39.1 Å². The van der Waals surface area contributed by atoms with Gasteiger partial charge in [-0.25, -0.2) is 21.8 Å². The molecule has 0 unspecified atom stereocenters. The molecule has 3 fully saturated rings. The van der Waals surface area contributed by atoms with E-state index in [4.69, 9.17) is 4.74 Å². The molecule has 4 aromatic rings. The molecule has 0 radical (unpaired) electrons. The molecule has 0 bridgehead atoms. The zero-order valence-corrected chi connectivity index (χ0v) is 22.1. The van der Waals surface area contributed by atoms with Crippen LogP contribution < -0.4 is 0 Å². The van der Waals surface area contributed by atoms with Crippen LogP contribution in [0.2, 0.25) is 0 Å². The summed E-state index contributed by atoms with van der Waals surface area (Å²) >= 11 is 0. The molecule has 2 aliphatic heterocycles. The lowest BCUT2D eigenvalue weighted by Gasteiger charge is -2.30. The highest BCUT2D eigenvalue weighted by Crippen LogP contribution is 2.70. The third-order valence-electron chi connectivity index (χ3n) is 8.94.